The van der Waals surface area contributed by atoms with Gasteiger partial charge in [0.1, 0.15) is 24.6 Å². The number of nitrogens with one attached hydrogen (secondary N) is 1. The first kappa shape index (κ1) is 17.5. The van der Waals surface area contributed by atoms with Gasteiger partial charge in [0.15, 0.2) is 23.2 Å². The molecular formula is C14H19N5O6. The fraction of sp³-hybridized carbons (Fsp3) is 0.571. The molecule has 136 valence electrons. The molecule has 3 heterocycles. The van der Waals surface area contributed by atoms with E-state index in [0.29, 0.717) is 29.9 Å². The third-order valence-electron chi connectivity index (χ3n) is 4.01. The van der Waals surface area contributed by atoms with E-state index in [-0.39, 0.29) is 6.42 Å². The standard InChI is InChI=1S/C14H19N5O6/c20-4-7-10(23)11(24)14(25-7)19-6-18-9-12(16-5-17-13(9)19)15-3-1-2-8(21)22/h5-7,10-11,14,20,23-24H,1-4H2,(H,21,22)(H,15,16,17)/t7-,10+,11-,14+/m0/s1. The molecule has 1 aliphatic rings. The van der Waals surface area contributed by atoms with E-state index < -0.39 is 37.1 Å². The zero-order chi connectivity index (χ0) is 18.0. The molecule has 2 aromatic rings. The van der Waals surface area contributed by atoms with Gasteiger partial charge >= 0.3 is 5.97 Å². The number of hydrogen-bond acceptors (Lipinski definition) is 9. The molecule has 25 heavy (non-hydrogen) atoms. The van der Waals surface area contributed by atoms with E-state index in [1.54, 1.807) is 0 Å². The third kappa shape index (κ3) is 3.39. The van der Waals surface area contributed by atoms with Gasteiger partial charge in [-0.15, -0.1) is 0 Å². The van der Waals surface area contributed by atoms with Crippen LogP contribution in [0.25, 0.3) is 11.2 Å². The van der Waals surface area contributed by atoms with Crippen LogP contribution in [0.1, 0.15) is 19.1 Å². The van der Waals surface area contributed by atoms with Crippen LogP contribution >= 0.6 is 0 Å². The van der Waals surface area contributed by atoms with Gasteiger partial charge in [-0.25, -0.2) is 15.0 Å². The third-order valence-corrected chi connectivity index (χ3v) is 4.01. The molecule has 0 radical (unpaired) electrons. The Labute approximate surface area is 141 Å². The highest BCUT2D eigenvalue weighted by molar-refractivity contribution is 5.82. The van der Waals surface area contributed by atoms with E-state index in [4.69, 9.17) is 9.84 Å². The van der Waals surface area contributed by atoms with Crippen molar-refractivity contribution < 1.29 is 30.0 Å². The molecule has 5 N–H and O–H groups in total. The monoisotopic (exact) mass is 353 g/mol. The maximum Gasteiger partial charge on any atom is 0.303 e. The zero-order valence-corrected chi connectivity index (χ0v) is 13.2. The van der Waals surface area contributed by atoms with E-state index in [2.05, 4.69) is 20.3 Å². The van der Waals surface area contributed by atoms with Crippen LogP contribution in [0.15, 0.2) is 12.7 Å². The largest absolute Gasteiger partial charge is 0.481 e. The van der Waals surface area contributed by atoms with Crippen molar-refractivity contribution in [1.82, 2.24) is 19.5 Å². The molecule has 4 atom stereocenters. The Balaban J connectivity index is 1.80. The minimum Gasteiger partial charge on any atom is -0.481 e. The smallest absolute Gasteiger partial charge is 0.303 e. The van der Waals surface area contributed by atoms with Crippen molar-refractivity contribution >= 4 is 23.0 Å². The van der Waals surface area contributed by atoms with Crippen LogP contribution in [-0.2, 0) is 9.53 Å². The Kier molecular flexibility index (Phi) is 5.08. The number of imidazole rings is 1. The van der Waals surface area contributed by atoms with Gasteiger partial charge in [0, 0.05) is 13.0 Å². The molecule has 1 fully saturated rings. The molecule has 0 aliphatic carbocycles. The van der Waals surface area contributed by atoms with Crippen LogP contribution in [0.5, 0.6) is 0 Å². The number of hydrogen-bond donors (Lipinski definition) is 5. The molecule has 0 amide bonds. The molecule has 3 rings (SSSR count). The first-order chi connectivity index (χ1) is 12.0. The molecular weight excluding hydrogens is 334 g/mol. The fourth-order valence-corrected chi connectivity index (χ4v) is 2.72. The summed E-state index contributed by atoms with van der Waals surface area (Å²) >= 11 is 0. The van der Waals surface area contributed by atoms with Crippen LogP contribution < -0.4 is 5.32 Å². The predicted molar refractivity (Wildman–Crippen MR) is 83.7 cm³/mol. The second kappa shape index (κ2) is 7.27. The molecule has 0 aromatic carbocycles. The quantitative estimate of drug-likeness (QED) is 0.379. The average molecular weight is 353 g/mol. The van der Waals surface area contributed by atoms with Crippen LogP contribution in [0.2, 0.25) is 0 Å². The Morgan fingerprint density at radius 1 is 1.28 bits per heavy atom. The van der Waals surface area contributed by atoms with Crippen molar-refractivity contribution in [2.24, 2.45) is 0 Å². The van der Waals surface area contributed by atoms with Crippen molar-refractivity contribution in [3.05, 3.63) is 12.7 Å². The van der Waals surface area contributed by atoms with Crippen molar-refractivity contribution in [2.45, 2.75) is 37.4 Å². The lowest BCUT2D eigenvalue weighted by molar-refractivity contribution is -0.137. The zero-order valence-electron chi connectivity index (χ0n) is 13.2. The van der Waals surface area contributed by atoms with E-state index >= 15 is 0 Å². The number of anilines is 1. The molecule has 11 heteroatoms. The fourth-order valence-electron chi connectivity index (χ4n) is 2.72. The van der Waals surface area contributed by atoms with Crippen LogP contribution in [0.3, 0.4) is 0 Å². The molecule has 11 nitrogen and oxygen atoms in total. The van der Waals surface area contributed by atoms with Crippen molar-refractivity contribution in [3.8, 4) is 0 Å². The summed E-state index contributed by atoms with van der Waals surface area (Å²) < 4.78 is 6.94. The molecule has 2 aromatic heterocycles. The number of aliphatic hydroxyl groups excluding tert-OH is 3. The van der Waals surface area contributed by atoms with Crippen LogP contribution in [0, 0.1) is 0 Å². The Bertz CT molecular complexity index is 752. The summed E-state index contributed by atoms with van der Waals surface area (Å²) in [5.41, 5.74) is 0.807. The van der Waals surface area contributed by atoms with Gasteiger partial charge in [-0.2, -0.15) is 0 Å². The summed E-state index contributed by atoms with van der Waals surface area (Å²) in [5.74, 6) is -0.441. The molecule has 0 spiro atoms. The average Bonchev–Trinajstić information content (AvgIpc) is 3.14. The van der Waals surface area contributed by atoms with E-state index in [1.165, 1.54) is 17.2 Å². The number of fused-ring (bicyclic) bond motifs is 1. The highest BCUT2D eigenvalue weighted by Crippen LogP contribution is 2.31. The van der Waals surface area contributed by atoms with Gasteiger partial charge in [-0.3, -0.25) is 9.36 Å². The number of aromatic nitrogens is 4. The van der Waals surface area contributed by atoms with Crippen molar-refractivity contribution in [3.63, 3.8) is 0 Å². The van der Waals surface area contributed by atoms with E-state index in [9.17, 15) is 20.1 Å². The predicted octanol–water partition coefficient (Wildman–Crippen LogP) is -1.29. The summed E-state index contributed by atoms with van der Waals surface area (Å²) in [4.78, 5) is 23.0. The lowest BCUT2D eigenvalue weighted by Gasteiger charge is -2.16. The topological polar surface area (TPSA) is 163 Å². The summed E-state index contributed by atoms with van der Waals surface area (Å²) in [5, 5.41) is 40.9. The number of carboxylic acid groups (broad SMARTS) is 1. The number of carbonyl (C=O) groups is 1. The van der Waals surface area contributed by atoms with Crippen LogP contribution in [0.4, 0.5) is 5.82 Å². The maximum atomic E-state index is 10.5. The number of carboxylic acids is 1. The van der Waals surface area contributed by atoms with Crippen molar-refractivity contribution in [1.29, 1.82) is 0 Å². The SMILES string of the molecule is O=C(O)CCCNc1ncnc2c1ncn2[C@@H]1O[C@@H](CO)[C@@H](O)[C@@H]1O. The normalized spacial score (nSPS) is 26.2. The summed E-state index contributed by atoms with van der Waals surface area (Å²) in [7, 11) is 0. The second-order valence-corrected chi connectivity index (χ2v) is 5.70. The maximum absolute atomic E-state index is 10.5. The van der Waals surface area contributed by atoms with E-state index in [1.807, 2.05) is 0 Å². The number of aliphatic carboxylic acids is 1. The molecule has 0 saturated carbocycles. The number of rotatable bonds is 7. The van der Waals surface area contributed by atoms with E-state index in [0.717, 1.165) is 0 Å². The second-order valence-electron chi connectivity index (χ2n) is 5.70. The Morgan fingerprint density at radius 2 is 2.08 bits per heavy atom. The lowest BCUT2D eigenvalue weighted by atomic mass is 10.1. The Hall–Kier alpha value is -2.34. The first-order valence-electron chi connectivity index (χ1n) is 7.78. The van der Waals surface area contributed by atoms with Crippen LogP contribution in [-0.4, -0.2) is 77.4 Å². The number of nitrogens with zero attached hydrogens (tertiary/aromatic N) is 4. The van der Waals surface area contributed by atoms with Gasteiger partial charge in [0.05, 0.1) is 12.9 Å². The Morgan fingerprint density at radius 3 is 2.76 bits per heavy atom. The molecule has 1 aliphatic heterocycles. The lowest BCUT2D eigenvalue weighted by Crippen LogP contribution is -2.33. The highest BCUT2D eigenvalue weighted by atomic mass is 16.6. The summed E-state index contributed by atoms with van der Waals surface area (Å²) in [6, 6.07) is 0. The van der Waals surface area contributed by atoms with Crippen molar-refractivity contribution in [2.75, 3.05) is 18.5 Å². The van der Waals surface area contributed by atoms with Gasteiger partial charge in [-0.1, -0.05) is 0 Å². The molecule has 0 unspecified atom stereocenters. The van der Waals surface area contributed by atoms with Gasteiger partial charge in [0.2, 0.25) is 0 Å². The molecule has 0 bridgehead atoms. The molecule has 1 saturated heterocycles. The van der Waals surface area contributed by atoms with Gasteiger partial charge in [-0.05, 0) is 6.42 Å². The first-order valence-corrected chi connectivity index (χ1v) is 7.78. The summed E-state index contributed by atoms with van der Waals surface area (Å²) in [6.07, 6.45) is -1.11. The number of aliphatic hydroxyl groups is 3. The number of ether oxygens (including phenoxy) is 1. The van der Waals surface area contributed by atoms with Gasteiger partial charge in [0.25, 0.3) is 0 Å². The minimum atomic E-state index is -1.24. The highest BCUT2D eigenvalue weighted by Gasteiger charge is 2.44. The minimum absolute atomic E-state index is 0.0399. The summed E-state index contributed by atoms with van der Waals surface area (Å²) in [6.45, 7) is -0.0220. The van der Waals surface area contributed by atoms with Gasteiger partial charge < -0.3 is 30.5 Å².